The van der Waals surface area contributed by atoms with Crippen LogP contribution < -0.4 is 5.32 Å². The lowest BCUT2D eigenvalue weighted by atomic mass is 10.2. The molecule has 1 aromatic heterocycles. The molecule has 0 aliphatic carbocycles. The number of nitrogens with zero attached hydrogens (tertiary/aromatic N) is 2. The molecule has 1 saturated heterocycles. The lowest BCUT2D eigenvalue weighted by Crippen LogP contribution is -2.45. The van der Waals surface area contributed by atoms with Crippen molar-refractivity contribution < 1.29 is 19.8 Å². The van der Waals surface area contributed by atoms with Gasteiger partial charge in [0, 0.05) is 24.0 Å². The molecule has 2 heterocycles. The number of aliphatic hydroxyl groups is 1. The molecule has 2 atom stereocenters. The van der Waals surface area contributed by atoms with Crippen LogP contribution in [0.4, 0.5) is 4.79 Å². The molecule has 2 amide bonds. The Kier molecular flexibility index (Phi) is 4.56. The third-order valence-corrected chi connectivity index (χ3v) is 4.31. The molecule has 0 bridgehead atoms. The van der Waals surface area contributed by atoms with E-state index in [4.69, 9.17) is 5.11 Å². The fraction of sp³-hybridized carbons (Fsp3) is 0.583. The number of aromatic nitrogens is 1. The highest BCUT2D eigenvalue weighted by atomic mass is 32.1. The van der Waals surface area contributed by atoms with Gasteiger partial charge in [-0.15, -0.1) is 11.3 Å². The number of hydrogen-bond donors (Lipinski definition) is 3. The zero-order chi connectivity index (χ0) is 14.7. The van der Waals surface area contributed by atoms with Crippen molar-refractivity contribution in [3.05, 3.63) is 16.1 Å². The topological polar surface area (TPSA) is 103 Å². The zero-order valence-electron chi connectivity index (χ0n) is 11.1. The van der Waals surface area contributed by atoms with Gasteiger partial charge in [-0.2, -0.15) is 0 Å². The first-order valence-corrected chi connectivity index (χ1v) is 7.21. The van der Waals surface area contributed by atoms with E-state index in [-0.39, 0.29) is 19.5 Å². The van der Waals surface area contributed by atoms with E-state index in [2.05, 4.69) is 10.3 Å². The summed E-state index contributed by atoms with van der Waals surface area (Å²) in [4.78, 5) is 29.5. The Hall–Kier alpha value is -1.67. The summed E-state index contributed by atoms with van der Waals surface area (Å²) in [6.07, 6.45) is 1.95. The summed E-state index contributed by atoms with van der Waals surface area (Å²) in [6.45, 7) is 2.34. The van der Waals surface area contributed by atoms with Gasteiger partial charge in [0.2, 0.25) is 0 Å². The number of aliphatic carboxylic acids is 1. The molecule has 110 valence electrons. The summed E-state index contributed by atoms with van der Waals surface area (Å²) in [7, 11) is 0. The Balaban J connectivity index is 1.92. The SMILES string of the molecule is CCc1cnc(CNC(=O)N2C[C@H](O)C[C@@H]2C(=O)O)s1. The number of carboxylic acid groups (broad SMARTS) is 1. The molecule has 1 aromatic rings. The molecule has 7 nitrogen and oxygen atoms in total. The minimum atomic E-state index is -1.10. The normalized spacial score (nSPS) is 22.0. The van der Waals surface area contributed by atoms with Gasteiger partial charge in [-0.3, -0.25) is 0 Å². The molecule has 1 aliphatic heterocycles. The second-order valence-corrected chi connectivity index (χ2v) is 5.83. The monoisotopic (exact) mass is 299 g/mol. The molecule has 1 aliphatic rings. The molecule has 0 saturated carbocycles. The minimum Gasteiger partial charge on any atom is -0.480 e. The second kappa shape index (κ2) is 6.19. The van der Waals surface area contributed by atoms with Crippen LogP contribution in [0.2, 0.25) is 0 Å². The van der Waals surface area contributed by atoms with Crippen LogP contribution in [0, 0.1) is 0 Å². The summed E-state index contributed by atoms with van der Waals surface area (Å²) in [5.74, 6) is -1.10. The Bertz CT molecular complexity index is 505. The molecular formula is C12H17N3O4S. The van der Waals surface area contributed by atoms with Crippen LogP contribution in [0.3, 0.4) is 0 Å². The Morgan fingerprint density at radius 2 is 2.35 bits per heavy atom. The smallest absolute Gasteiger partial charge is 0.326 e. The largest absolute Gasteiger partial charge is 0.480 e. The van der Waals surface area contributed by atoms with Crippen molar-refractivity contribution in [3.63, 3.8) is 0 Å². The molecular weight excluding hydrogens is 282 g/mol. The number of thiazole rings is 1. The van der Waals surface area contributed by atoms with E-state index in [0.717, 1.165) is 21.2 Å². The fourth-order valence-electron chi connectivity index (χ4n) is 2.12. The third kappa shape index (κ3) is 3.26. The maximum Gasteiger partial charge on any atom is 0.326 e. The summed E-state index contributed by atoms with van der Waals surface area (Å²) in [6, 6.07) is -1.45. The molecule has 0 unspecified atom stereocenters. The number of aliphatic hydroxyl groups excluding tert-OH is 1. The summed E-state index contributed by atoms with van der Waals surface area (Å²) >= 11 is 1.51. The first kappa shape index (κ1) is 14.7. The van der Waals surface area contributed by atoms with Gasteiger partial charge >= 0.3 is 12.0 Å². The maximum absolute atomic E-state index is 12.0. The van der Waals surface area contributed by atoms with Crippen LogP contribution in [-0.4, -0.2) is 50.8 Å². The van der Waals surface area contributed by atoms with Gasteiger partial charge in [-0.1, -0.05) is 6.92 Å². The van der Waals surface area contributed by atoms with E-state index in [1.54, 1.807) is 6.20 Å². The highest BCUT2D eigenvalue weighted by molar-refractivity contribution is 7.11. The predicted molar refractivity (Wildman–Crippen MR) is 72.5 cm³/mol. The number of nitrogens with one attached hydrogen (secondary N) is 1. The van der Waals surface area contributed by atoms with E-state index in [9.17, 15) is 14.7 Å². The zero-order valence-corrected chi connectivity index (χ0v) is 11.9. The summed E-state index contributed by atoms with van der Waals surface area (Å²) < 4.78 is 0. The Morgan fingerprint density at radius 1 is 1.60 bits per heavy atom. The average molecular weight is 299 g/mol. The van der Waals surface area contributed by atoms with Crippen LogP contribution in [0.25, 0.3) is 0 Å². The van der Waals surface area contributed by atoms with Crippen LogP contribution in [0.15, 0.2) is 6.20 Å². The fourth-order valence-corrected chi connectivity index (χ4v) is 2.92. The molecule has 8 heteroatoms. The Labute approximate surface area is 120 Å². The number of hydrogen-bond acceptors (Lipinski definition) is 5. The van der Waals surface area contributed by atoms with Gasteiger partial charge in [0.25, 0.3) is 0 Å². The second-order valence-electron chi connectivity index (χ2n) is 4.63. The number of amides is 2. The van der Waals surface area contributed by atoms with E-state index in [1.165, 1.54) is 11.3 Å². The van der Waals surface area contributed by atoms with Gasteiger partial charge in [0.15, 0.2) is 0 Å². The predicted octanol–water partition coefficient (Wildman–Crippen LogP) is 0.435. The van der Waals surface area contributed by atoms with Gasteiger partial charge < -0.3 is 20.4 Å². The summed E-state index contributed by atoms with van der Waals surface area (Å²) in [5, 5.41) is 21.9. The van der Waals surface area contributed by atoms with E-state index >= 15 is 0 Å². The van der Waals surface area contributed by atoms with Crippen molar-refractivity contribution in [2.45, 2.75) is 38.5 Å². The van der Waals surface area contributed by atoms with Crippen molar-refractivity contribution in [3.8, 4) is 0 Å². The molecule has 3 N–H and O–H groups in total. The standard InChI is InChI=1S/C12H17N3O4S/c1-2-8-4-13-10(20-8)5-14-12(19)15-6-7(16)3-9(15)11(17)18/h4,7,9,16H,2-3,5-6H2,1H3,(H,14,19)(H,17,18)/t7-,9-/m1/s1. The highest BCUT2D eigenvalue weighted by Crippen LogP contribution is 2.18. The van der Waals surface area contributed by atoms with Gasteiger partial charge in [-0.25, -0.2) is 14.6 Å². The van der Waals surface area contributed by atoms with Crippen LogP contribution in [-0.2, 0) is 17.8 Å². The summed E-state index contributed by atoms with van der Waals surface area (Å²) in [5.41, 5.74) is 0. The van der Waals surface area contributed by atoms with E-state index in [0.29, 0.717) is 0 Å². The van der Waals surface area contributed by atoms with Gasteiger partial charge in [0.1, 0.15) is 11.0 Å². The van der Waals surface area contributed by atoms with Crippen molar-refractivity contribution in [1.82, 2.24) is 15.2 Å². The first-order chi connectivity index (χ1) is 9.51. The first-order valence-electron chi connectivity index (χ1n) is 6.40. The number of carbonyl (C=O) groups is 2. The number of rotatable bonds is 4. The van der Waals surface area contributed by atoms with Crippen LogP contribution in [0.1, 0.15) is 23.2 Å². The van der Waals surface area contributed by atoms with E-state index in [1.807, 2.05) is 6.92 Å². The number of carboxylic acids is 1. The molecule has 0 aromatic carbocycles. The minimum absolute atomic E-state index is 0.0425. The van der Waals surface area contributed by atoms with Crippen molar-refractivity contribution in [2.75, 3.05) is 6.54 Å². The number of carbonyl (C=O) groups excluding carboxylic acids is 1. The van der Waals surface area contributed by atoms with Gasteiger partial charge in [0.05, 0.1) is 12.6 Å². The van der Waals surface area contributed by atoms with Crippen LogP contribution >= 0.6 is 11.3 Å². The van der Waals surface area contributed by atoms with Crippen molar-refractivity contribution >= 4 is 23.3 Å². The number of aryl methyl sites for hydroxylation is 1. The number of urea groups is 1. The molecule has 2 rings (SSSR count). The number of likely N-dealkylation sites (tertiary alicyclic amines) is 1. The molecule has 1 fully saturated rings. The van der Waals surface area contributed by atoms with Crippen molar-refractivity contribution in [2.24, 2.45) is 0 Å². The lowest BCUT2D eigenvalue weighted by molar-refractivity contribution is -0.141. The maximum atomic E-state index is 12.0. The average Bonchev–Trinajstić information content (AvgIpc) is 3.02. The molecule has 20 heavy (non-hydrogen) atoms. The lowest BCUT2D eigenvalue weighted by Gasteiger charge is -2.21. The van der Waals surface area contributed by atoms with Crippen LogP contribution in [0.5, 0.6) is 0 Å². The Morgan fingerprint density at radius 3 is 2.95 bits per heavy atom. The van der Waals surface area contributed by atoms with Crippen molar-refractivity contribution in [1.29, 1.82) is 0 Å². The molecule has 0 radical (unpaired) electrons. The number of β-amino-alcohol motifs (C(OH)–C–C–N with tert-alkyl or cyclic N) is 1. The quantitative estimate of drug-likeness (QED) is 0.748. The van der Waals surface area contributed by atoms with E-state index < -0.39 is 24.1 Å². The highest BCUT2D eigenvalue weighted by Gasteiger charge is 2.38. The van der Waals surface area contributed by atoms with Gasteiger partial charge in [-0.05, 0) is 6.42 Å². The molecule has 0 spiro atoms. The third-order valence-electron chi connectivity index (χ3n) is 3.17.